The Balaban J connectivity index is 2.30. The van der Waals surface area contributed by atoms with Crippen molar-refractivity contribution in [3.05, 3.63) is 0 Å². The van der Waals surface area contributed by atoms with Gasteiger partial charge < -0.3 is 15.4 Å². The van der Waals surface area contributed by atoms with Crippen LogP contribution in [-0.2, 0) is 4.74 Å². The summed E-state index contributed by atoms with van der Waals surface area (Å²) < 4.78 is 5.62. The first-order valence-electron chi connectivity index (χ1n) is 4.50. The molecule has 1 unspecified atom stereocenters. The van der Waals surface area contributed by atoms with Crippen molar-refractivity contribution in [2.24, 2.45) is 0 Å². The van der Waals surface area contributed by atoms with E-state index in [2.05, 4.69) is 19.6 Å². The van der Waals surface area contributed by atoms with E-state index < -0.39 is 0 Å². The summed E-state index contributed by atoms with van der Waals surface area (Å²) in [7, 11) is 0. The van der Waals surface area contributed by atoms with E-state index in [4.69, 9.17) is 4.74 Å². The van der Waals surface area contributed by atoms with Crippen LogP contribution in [0.2, 0.25) is 0 Å². The Labute approximate surface area is 68.5 Å². The Morgan fingerprint density at radius 1 is 1.36 bits per heavy atom. The SMILES string of the molecule is C[C@@H]1C[NH+](CC[NH3+])C[C@H](C)O1. The average molecular weight is 160 g/mol. The maximum absolute atomic E-state index is 5.62. The van der Waals surface area contributed by atoms with Gasteiger partial charge in [-0.3, -0.25) is 0 Å². The molecule has 0 aromatic rings. The van der Waals surface area contributed by atoms with E-state index in [9.17, 15) is 0 Å². The molecule has 1 rings (SSSR count). The zero-order chi connectivity index (χ0) is 8.27. The first kappa shape index (κ1) is 8.97. The third-order valence-electron chi connectivity index (χ3n) is 2.15. The van der Waals surface area contributed by atoms with Crippen molar-refractivity contribution in [2.75, 3.05) is 26.2 Å². The molecule has 4 N–H and O–H groups in total. The van der Waals surface area contributed by atoms with E-state index in [1.807, 2.05) is 0 Å². The van der Waals surface area contributed by atoms with Crippen molar-refractivity contribution in [3.8, 4) is 0 Å². The van der Waals surface area contributed by atoms with Gasteiger partial charge >= 0.3 is 0 Å². The number of hydrogen-bond acceptors (Lipinski definition) is 1. The van der Waals surface area contributed by atoms with Crippen molar-refractivity contribution >= 4 is 0 Å². The summed E-state index contributed by atoms with van der Waals surface area (Å²) in [5.74, 6) is 0. The Morgan fingerprint density at radius 3 is 2.36 bits per heavy atom. The minimum absolute atomic E-state index is 0.431. The van der Waals surface area contributed by atoms with Crippen LogP contribution in [0.4, 0.5) is 0 Å². The van der Waals surface area contributed by atoms with Gasteiger partial charge in [0.1, 0.15) is 38.4 Å². The lowest BCUT2D eigenvalue weighted by atomic mass is 10.2. The number of rotatable bonds is 2. The molecule has 1 heterocycles. The first-order chi connectivity index (χ1) is 5.22. The summed E-state index contributed by atoms with van der Waals surface area (Å²) in [5, 5.41) is 0. The van der Waals surface area contributed by atoms with E-state index >= 15 is 0 Å². The highest BCUT2D eigenvalue weighted by Gasteiger charge is 2.24. The van der Waals surface area contributed by atoms with E-state index in [1.54, 1.807) is 4.90 Å². The molecule has 0 spiro atoms. The Kier molecular flexibility index (Phi) is 3.30. The minimum atomic E-state index is 0.431. The highest BCUT2D eigenvalue weighted by molar-refractivity contribution is 4.58. The van der Waals surface area contributed by atoms with Crippen molar-refractivity contribution in [1.82, 2.24) is 0 Å². The van der Waals surface area contributed by atoms with Gasteiger partial charge in [0.05, 0.1) is 0 Å². The lowest BCUT2D eigenvalue weighted by Gasteiger charge is -2.31. The summed E-state index contributed by atoms with van der Waals surface area (Å²) >= 11 is 0. The second kappa shape index (κ2) is 4.04. The molecule has 1 aliphatic heterocycles. The van der Waals surface area contributed by atoms with Gasteiger partial charge in [0.25, 0.3) is 0 Å². The van der Waals surface area contributed by atoms with Gasteiger partial charge in [-0.1, -0.05) is 0 Å². The fourth-order valence-electron chi connectivity index (χ4n) is 1.84. The molecule has 0 amide bonds. The molecule has 3 heteroatoms. The van der Waals surface area contributed by atoms with Crippen LogP contribution in [-0.4, -0.2) is 38.4 Å². The molecule has 1 fully saturated rings. The number of quaternary nitrogens is 2. The van der Waals surface area contributed by atoms with Crippen LogP contribution < -0.4 is 10.6 Å². The molecule has 0 bridgehead atoms. The van der Waals surface area contributed by atoms with E-state index in [-0.39, 0.29) is 0 Å². The third kappa shape index (κ3) is 2.77. The van der Waals surface area contributed by atoms with Crippen LogP contribution in [0.1, 0.15) is 13.8 Å². The molecule has 1 aliphatic rings. The maximum Gasteiger partial charge on any atom is 0.127 e. The number of nitrogens with one attached hydrogen (secondary N) is 1. The van der Waals surface area contributed by atoms with Gasteiger partial charge in [0.15, 0.2) is 0 Å². The smallest absolute Gasteiger partial charge is 0.127 e. The van der Waals surface area contributed by atoms with Crippen LogP contribution >= 0.6 is 0 Å². The molecule has 0 radical (unpaired) electrons. The molecule has 0 saturated carbocycles. The molecule has 0 aromatic carbocycles. The highest BCUT2D eigenvalue weighted by Crippen LogP contribution is 1.97. The number of hydrogen-bond donors (Lipinski definition) is 2. The third-order valence-corrected chi connectivity index (χ3v) is 2.15. The number of morpholine rings is 1. The van der Waals surface area contributed by atoms with Gasteiger partial charge in [0.2, 0.25) is 0 Å². The Hall–Kier alpha value is -0.120. The lowest BCUT2D eigenvalue weighted by molar-refractivity contribution is -0.919. The van der Waals surface area contributed by atoms with Crippen LogP contribution in [0, 0.1) is 0 Å². The zero-order valence-corrected chi connectivity index (χ0v) is 7.60. The highest BCUT2D eigenvalue weighted by atomic mass is 16.5. The molecular weight excluding hydrogens is 140 g/mol. The van der Waals surface area contributed by atoms with Gasteiger partial charge in [-0.2, -0.15) is 0 Å². The van der Waals surface area contributed by atoms with Crippen LogP contribution in [0.25, 0.3) is 0 Å². The summed E-state index contributed by atoms with van der Waals surface area (Å²) in [4.78, 5) is 1.64. The standard InChI is InChI=1S/C8H18N2O/c1-7-5-10(4-3-9)6-8(2)11-7/h7-8H,3-6,9H2,1-2H3/p+2/t7-,8+. The number of ether oxygens (including phenoxy) is 1. The normalized spacial score (nSPS) is 39.0. The van der Waals surface area contributed by atoms with E-state index in [1.165, 1.54) is 6.54 Å². The fraction of sp³-hybridized carbons (Fsp3) is 1.00. The Morgan fingerprint density at radius 2 is 1.91 bits per heavy atom. The largest absolute Gasteiger partial charge is 0.364 e. The van der Waals surface area contributed by atoms with E-state index in [0.717, 1.165) is 19.6 Å². The molecular formula is C8H20N2O+2. The zero-order valence-electron chi connectivity index (χ0n) is 7.60. The average Bonchev–Trinajstić information content (AvgIpc) is 1.85. The predicted octanol–water partition coefficient (Wildman–Crippen LogP) is -2.08. The molecule has 11 heavy (non-hydrogen) atoms. The molecule has 1 saturated heterocycles. The monoisotopic (exact) mass is 160 g/mol. The van der Waals surface area contributed by atoms with Gasteiger partial charge in [-0.05, 0) is 13.8 Å². The van der Waals surface area contributed by atoms with Crippen LogP contribution in [0.3, 0.4) is 0 Å². The van der Waals surface area contributed by atoms with Crippen molar-refractivity contribution in [2.45, 2.75) is 26.1 Å². The topological polar surface area (TPSA) is 41.3 Å². The molecule has 3 atom stereocenters. The molecule has 3 nitrogen and oxygen atoms in total. The fourth-order valence-corrected chi connectivity index (χ4v) is 1.84. The molecule has 0 aromatic heterocycles. The summed E-state index contributed by atoms with van der Waals surface area (Å²) in [6, 6.07) is 0. The second-order valence-electron chi connectivity index (χ2n) is 3.52. The van der Waals surface area contributed by atoms with Gasteiger partial charge in [-0.15, -0.1) is 0 Å². The Bertz CT molecular complexity index is 109. The van der Waals surface area contributed by atoms with E-state index in [0.29, 0.717) is 12.2 Å². The minimum Gasteiger partial charge on any atom is -0.364 e. The van der Waals surface area contributed by atoms with Crippen LogP contribution in [0.5, 0.6) is 0 Å². The second-order valence-corrected chi connectivity index (χ2v) is 3.52. The van der Waals surface area contributed by atoms with Crippen LogP contribution in [0.15, 0.2) is 0 Å². The quantitative estimate of drug-likeness (QED) is 0.478. The van der Waals surface area contributed by atoms with Crippen molar-refractivity contribution < 1.29 is 15.4 Å². The van der Waals surface area contributed by atoms with Gasteiger partial charge in [0, 0.05) is 0 Å². The summed E-state index contributed by atoms with van der Waals surface area (Å²) in [5.41, 5.74) is 3.87. The van der Waals surface area contributed by atoms with Gasteiger partial charge in [-0.25, -0.2) is 0 Å². The molecule has 0 aliphatic carbocycles. The lowest BCUT2D eigenvalue weighted by Crippen LogP contribution is -3.16. The maximum atomic E-state index is 5.62. The predicted molar refractivity (Wildman–Crippen MR) is 43.3 cm³/mol. The summed E-state index contributed by atoms with van der Waals surface area (Å²) in [6.07, 6.45) is 0.862. The van der Waals surface area contributed by atoms with Crippen molar-refractivity contribution in [3.63, 3.8) is 0 Å². The first-order valence-corrected chi connectivity index (χ1v) is 4.50. The summed E-state index contributed by atoms with van der Waals surface area (Å²) in [6.45, 7) is 8.84. The van der Waals surface area contributed by atoms with Crippen molar-refractivity contribution in [1.29, 1.82) is 0 Å². The molecule has 66 valence electrons.